The third kappa shape index (κ3) is 3.34. The molecule has 0 bridgehead atoms. The number of pyridine rings is 2. The lowest BCUT2D eigenvalue weighted by Crippen LogP contribution is -1.95. The van der Waals surface area contributed by atoms with Gasteiger partial charge in [-0.2, -0.15) is 0 Å². The minimum absolute atomic E-state index is 0.0906. The normalized spacial score (nSPS) is 10.8. The first-order valence-corrected chi connectivity index (χ1v) is 6.21. The summed E-state index contributed by atoms with van der Waals surface area (Å²) < 4.78 is 0.787. The average molecular weight is 303 g/mol. The van der Waals surface area contributed by atoms with Crippen LogP contribution in [0.2, 0.25) is 0 Å². The van der Waals surface area contributed by atoms with Gasteiger partial charge in [0, 0.05) is 28.1 Å². The highest BCUT2D eigenvalue weighted by Gasteiger charge is 2.02. The lowest BCUT2D eigenvalue weighted by molar-refractivity contribution is 0.104. The van der Waals surface area contributed by atoms with Gasteiger partial charge in [0.15, 0.2) is 5.78 Å². The van der Waals surface area contributed by atoms with Crippen molar-refractivity contribution in [1.82, 2.24) is 9.97 Å². The molecule has 2 aromatic rings. The van der Waals surface area contributed by atoms with Gasteiger partial charge in [0.05, 0.1) is 5.69 Å². The Hall–Kier alpha value is -1.81. The van der Waals surface area contributed by atoms with Crippen LogP contribution in [-0.4, -0.2) is 15.8 Å². The maximum atomic E-state index is 11.9. The van der Waals surface area contributed by atoms with E-state index in [0.29, 0.717) is 5.56 Å². The number of rotatable bonds is 3. The maximum Gasteiger partial charge on any atom is 0.187 e. The monoisotopic (exact) mass is 302 g/mol. The number of ketones is 1. The number of allylic oxidation sites excluding steroid dienone is 1. The van der Waals surface area contributed by atoms with E-state index >= 15 is 0 Å². The molecule has 4 heteroatoms. The first-order chi connectivity index (χ1) is 8.65. The molecule has 0 fully saturated rings. The van der Waals surface area contributed by atoms with E-state index in [1.54, 1.807) is 24.5 Å². The third-order valence-corrected chi connectivity index (χ3v) is 2.74. The molecule has 0 aliphatic carbocycles. The zero-order chi connectivity index (χ0) is 13.0. The molecule has 90 valence electrons. The van der Waals surface area contributed by atoms with Crippen LogP contribution < -0.4 is 0 Å². The zero-order valence-electron chi connectivity index (χ0n) is 9.80. The molecule has 2 aromatic heterocycles. The quantitative estimate of drug-likeness (QED) is 0.644. The van der Waals surface area contributed by atoms with Crippen molar-refractivity contribution >= 4 is 27.8 Å². The van der Waals surface area contributed by atoms with E-state index in [1.165, 1.54) is 6.08 Å². The third-order valence-electron chi connectivity index (χ3n) is 2.30. The van der Waals surface area contributed by atoms with Crippen molar-refractivity contribution in [1.29, 1.82) is 0 Å². The summed E-state index contributed by atoms with van der Waals surface area (Å²) in [6, 6.07) is 7.42. The van der Waals surface area contributed by atoms with Crippen LogP contribution in [-0.2, 0) is 0 Å². The van der Waals surface area contributed by atoms with Crippen molar-refractivity contribution in [2.75, 3.05) is 0 Å². The second-order valence-corrected chi connectivity index (χ2v) is 4.71. The zero-order valence-corrected chi connectivity index (χ0v) is 11.4. The first-order valence-electron chi connectivity index (χ1n) is 5.42. The average Bonchev–Trinajstić information content (AvgIpc) is 2.36. The summed E-state index contributed by atoms with van der Waals surface area (Å²) >= 11 is 3.28. The van der Waals surface area contributed by atoms with Crippen molar-refractivity contribution in [2.24, 2.45) is 0 Å². The molecule has 0 spiro atoms. The predicted molar refractivity (Wildman–Crippen MR) is 74.3 cm³/mol. The van der Waals surface area contributed by atoms with Gasteiger partial charge in [-0.25, -0.2) is 0 Å². The summed E-state index contributed by atoms with van der Waals surface area (Å²) in [5.74, 6) is -0.0906. The van der Waals surface area contributed by atoms with Crippen LogP contribution in [0.3, 0.4) is 0 Å². The molecule has 0 N–H and O–H groups in total. The van der Waals surface area contributed by atoms with Gasteiger partial charge in [-0.1, -0.05) is 6.07 Å². The summed E-state index contributed by atoms with van der Waals surface area (Å²) in [7, 11) is 0. The molecule has 0 saturated carbocycles. The van der Waals surface area contributed by atoms with Gasteiger partial charge < -0.3 is 0 Å². The van der Waals surface area contributed by atoms with Crippen molar-refractivity contribution in [3.63, 3.8) is 0 Å². The molecular formula is C14H11BrN2O. The molecule has 0 radical (unpaired) electrons. The molecule has 3 nitrogen and oxygen atoms in total. The van der Waals surface area contributed by atoms with Crippen LogP contribution in [0, 0.1) is 6.92 Å². The Morgan fingerprint density at radius 1 is 1.33 bits per heavy atom. The summed E-state index contributed by atoms with van der Waals surface area (Å²) in [5.41, 5.74) is 2.24. The largest absolute Gasteiger partial charge is 0.289 e. The van der Waals surface area contributed by atoms with Gasteiger partial charge in [-0.3, -0.25) is 14.8 Å². The topological polar surface area (TPSA) is 42.9 Å². The minimum atomic E-state index is -0.0906. The van der Waals surface area contributed by atoms with Gasteiger partial charge >= 0.3 is 0 Å². The Morgan fingerprint density at radius 3 is 2.89 bits per heavy atom. The molecule has 0 aliphatic heterocycles. The van der Waals surface area contributed by atoms with Gasteiger partial charge in [0.1, 0.15) is 0 Å². The fourth-order valence-electron chi connectivity index (χ4n) is 1.46. The molecule has 0 aliphatic rings. The molecule has 0 atom stereocenters. The molecule has 0 aromatic carbocycles. The molecule has 0 saturated heterocycles. The Balaban J connectivity index is 2.17. The van der Waals surface area contributed by atoms with Crippen LogP contribution in [0.25, 0.3) is 6.08 Å². The fraction of sp³-hybridized carbons (Fsp3) is 0.0714. The van der Waals surface area contributed by atoms with Crippen LogP contribution >= 0.6 is 15.9 Å². The second kappa shape index (κ2) is 5.69. The first kappa shape index (κ1) is 12.6. The minimum Gasteiger partial charge on any atom is -0.289 e. The lowest BCUT2D eigenvalue weighted by Gasteiger charge is -1.97. The molecule has 2 rings (SSSR count). The van der Waals surface area contributed by atoms with Crippen molar-refractivity contribution in [3.05, 3.63) is 64.2 Å². The van der Waals surface area contributed by atoms with Crippen molar-refractivity contribution < 1.29 is 4.79 Å². The molecule has 0 amide bonds. The SMILES string of the molecule is Cc1cccc(/C=C/C(=O)c2cncc(Br)c2)n1. The van der Waals surface area contributed by atoms with Gasteiger partial charge in [-0.15, -0.1) is 0 Å². The maximum absolute atomic E-state index is 11.9. The summed E-state index contributed by atoms with van der Waals surface area (Å²) in [4.78, 5) is 20.1. The van der Waals surface area contributed by atoms with Crippen LogP contribution in [0.1, 0.15) is 21.7 Å². The van der Waals surface area contributed by atoms with E-state index in [9.17, 15) is 4.79 Å². The number of halogens is 1. The fourth-order valence-corrected chi connectivity index (χ4v) is 1.83. The smallest absolute Gasteiger partial charge is 0.187 e. The van der Waals surface area contributed by atoms with E-state index < -0.39 is 0 Å². The van der Waals surface area contributed by atoms with E-state index in [1.807, 2.05) is 25.1 Å². The Morgan fingerprint density at radius 2 is 2.17 bits per heavy atom. The highest BCUT2D eigenvalue weighted by molar-refractivity contribution is 9.10. The van der Waals surface area contributed by atoms with Gasteiger partial charge in [0.2, 0.25) is 0 Å². The molecule has 2 heterocycles. The number of nitrogens with zero attached hydrogens (tertiary/aromatic N) is 2. The predicted octanol–water partition coefficient (Wildman–Crippen LogP) is 3.44. The molecular weight excluding hydrogens is 292 g/mol. The number of hydrogen-bond acceptors (Lipinski definition) is 3. The Bertz CT molecular complexity index is 608. The molecule has 18 heavy (non-hydrogen) atoms. The summed E-state index contributed by atoms with van der Waals surface area (Å²) in [5, 5.41) is 0. The molecule has 0 unspecified atom stereocenters. The highest BCUT2D eigenvalue weighted by atomic mass is 79.9. The van der Waals surface area contributed by atoms with Crippen molar-refractivity contribution in [3.8, 4) is 0 Å². The van der Waals surface area contributed by atoms with Gasteiger partial charge in [-0.05, 0) is 53.2 Å². The van der Waals surface area contributed by atoms with Gasteiger partial charge in [0.25, 0.3) is 0 Å². The number of hydrogen-bond donors (Lipinski definition) is 0. The number of carbonyl (C=O) groups is 1. The van der Waals surface area contributed by atoms with Crippen LogP contribution in [0.5, 0.6) is 0 Å². The standard InChI is InChI=1S/C14H11BrN2O/c1-10-3-2-4-13(17-10)5-6-14(18)11-7-12(15)9-16-8-11/h2-9H,1H3/b6-5+. The van der Waals surface area contributed by atoms with E-state index in [0.717, 1.165) is 15.9 Å². The van der Waals surface area contributed by atoms with Crippen LogP contribution in [0.15, 0.2) is 47.2 Å². The highest BCUT2D eigenvalue weighted by Crippen LogP contribution is 2.11. The van der Waals surface area contributed by atoms with E-state index in [4.69, 9.17) is 0 Å². The van der Waals surface area contributed by atoms with E-state index in [-0.39, 0.29) is 5.78 Å². The van der Waals surface area contributed by atoms with E-state index in [2.05, 4.69) is 25.9 Å². The lowest BCUT2D eigenvalue weighted by atomic mass is 10.1. The number of carbonyl (C=O) groups excluding carboxylic acids is 1. The summed E-state index contributed by atoms with van der Waals surface area (Å²) in [6.07, 6.45) is 6.39. The number of aromatic nitrogens is 2. The number of aryl methyl sites for hydroxylation is 1. The Kier molecular flexibility index (Phi) is 3.99. The second-order valence-electron chi connectivity index (χ2n) is 3.79. The van der Waals surface area contributed by atoms with Crippen LogP contribution in [0.4, 0.5) is 0 Å². The summed E-state index contributed by atoms with van der Waals surface area (Å²) in [6.45, 7) is 1.91. The Labute approximate surface area is 114 Å². The van der Waals surface area contributed by atoms with Crippen molar-refractivity contribution in [2.45, 2.75) is 6.92 Å².